The van der Waals surface area contributed by atoms with E-state index in [1.807, 2.05) is 7.05 Å². The van der Waals surface area contributed by atoms with E-state index < -0.39 is 4.92 Å². The predicted octanol–water partition coefficient (Wildman–Crippen LogP) is -0.290. The van der Waals surface area contributed by atoms with E-state index in [1.54, 1.807) is 0 Å². The fraction of sp³-hybridized carbons (Fsp3) is 0.600. The first-order valence-corrected chi connectivity index (χ1v) is 5.87. The molecule has 1 aliphatic rings. The molecule has 1 atom stereocenters. The first-order chi connectivity index (χ1) is 9.06. The first-order valence-electron chi connectivity index (χ1n) is 5.87. The fourth-order valence-corrected chi connectivity index (χ4v) is 1.85. The van der Waals surface area contributed by atoms with Crippen LogP contribution in [0.25, 0.3) is 0 Å². The molecule has 1 saturated heterocycles. The number of nitrogens with zero attached hydrogens (tertiary/aromatic N) is 4. The van der Waals surface area contributed by atoms with Crippen molar-refractivity contribution in [2.75, 3.05) is 44.3 Å². The third-order valence-corrected chi connectivity index (χ3v) is 2.82. The number of hydrogen-bond donors (Lipinski definition) is 2. The van der Waals surface area contributed by atoms with Gasteiger partial charge in [0.05, 0.1) is 17.6 Å². The number of likely N-dealkylation sites (N-methyl/N-ethyl adjacent to an activating group) is 1. The van der Waals surface area contributed by atoms with Crippen molar-refractivity contribution in [1.29, 1.82) is 0 Å². The summed E-state index contributed by atoms with van der Waals surface area (Å²) >= 11 is 0. The van der Waals surface area contributed by atoms with Gasteiger partial charge in [-0.25, -0.2) is 4.98 Å². The fourth-order valence-electron chi connectivity index (χ4n) is 1.85. The van der Waals surface area contributed by atoms with Gasteiger partial charge in [0.15, 0.2) is 0 Å². The SMILES string of the molecule is CN1CCOC(CNc2nc(N)ncc2[N+](=O)[O-])C1. The summed E-state index contributed by atoms with van der Waals surface area (Å²) in [6, 6.07) is 0. The summed E-state index contributed by atoms with van der Waals surface area (Å²) in [6.45, 7) is 2.73. The molecule has 0 saturated carbocycles. The molecule has 104 valence electrons. The Labute approximate surface area is 109 Å². The van der Waals surface area contributed by atoms with Gasteiger partial charge in [-0.05, 0) is 7.05 Å². The van der Waals surface area contributed by atoms with Gasteiger partial charge in [0.2, 0.25) is 11.8 Å². The normalized spacial score (nSPS) is 20.2. The van der Waals surface area contributed by atoms with Gasteiger partial charge in [-0.2, -0.15) is 4.98 Å². The van der Waals surface area contributed by atoms with E-state index >= 15 is 0 Å². The number of hydrogen-bond acceptors (Lipinski definition) is 8. The van der Waals surface area contributed by atoms with Crippen molar-refractivity contribution in [2.24, 2.45) is 0 Å². The van der Waals surface area contributed by atoms with Crippen molar-refractivity contribution in [2.45, 2.75) is 6.10 Å². The Morgan fingerprint density at radius 2 is 2.53 bits per heavy atom. The molecule has 9 heteroatoms. The standard InChI is InChI=1S/C10H16N6O3/c1-15-2-3-19-7(6-15)4-12-9-8(16(17)18)5-13-10(11)14-9/h5,7H,2-4,6H2,1H3,(H3,11,12,13,14). The van der Waals surface area contributed by atoms with Crippen LogP contribution in [0.4, 0.5) is 17.5 Å². The second-order valence-corrected chi connectivity index (χ2v) is 4.36. The number of nitro groups is 1. The zero-order chi connectivity index (χ0) is 13.8. The first kappa shape index (κ1) is 13.4. The van der Waals surface area contributed by atoms with Gasteiger partial charge in [-0.1, -0.05) is 0 Å². The van der Waals surface area contributed by atoms with Crippen molar-refractivity contribution >= 4 is 17.5 Å². The lowest BCUT2D eigenvalue weighted by molar-refractivity contribution is -0.384. The minimum atomic E-state index is -0.546. The molecule has 1 unspecified atom stereocenters. The highest BCUT2D eigenvalue weighted by molar-refractivity contribution is 5.56. The Bertz CT molecular complexity index is 469. The summed E-state index contributed by atoms with van der Waals surface area (Å²) in [7, 11) is 2.00. The number of aromatic nitrogens is 2. The van der Waals surface area contributed by atoms with Crippen LogP contribution < -0.4 is 11.1 Å². The van der Waals surface area contributed by atoms with Crippen LogP contribution in [-0.2, 0) is 4.74 Å². The molecule has 1 aromatic heterocycles. The van der Waals surface area contributed by atoms with Gasteiger partial charge < -0.3 is 20.7 Å². The van der Waals surface area contributed by atoms with Crippen LogP contribution in [0, 0.1) is 10.1 Å². The minimum Gasteiger partial charge on any atom is -0.374 e. The Hall–Kier alpha value is -2.00. The average molecular weight is 268 g/mol. The third kappa shape index (κ3) is 3.48. The van der Waals surface area contributed by atoms with E-state index in [0.29, 0.717) is 13.2 Å². The molecule has 0 radical (unpaired) electrons. The zero-order valence-corrected chi connectivity index (χ0v) is 10.6. The summed E-state index contributed by atoms with van der Waals surface area (Å²) < 4.78 is 5.55. The largest absolute Gasteiger partial charge is 0.374 e. The van der Waals surface area contributed by atoms with E-state index in [1.165, 1.54) is 0 Å². The topological polar surface area (TPSA) is 119 Å². The van der Waals surface area contributed by atoms with Gasteiger partial charge >= 0.3 is 5.69 Å². The summed E-state index contributed by atoms with van der Waals surface area (Å²) in [5.74, 6) is 0.115. The summed E-state index contributed by atoms with van der Waals surface area (Å²) in [5.41, 5.74) is 5.24. The van der Waals surface area contributed by atoms with Crippen LogP contribution in [0.1, 0.15) is 0 Å². The maximum absolute atomic E-state index is 10.8. The quantitative estimate of drug-likeness (QED) is 0.564. The van der Waals surface area contributed by atoms with Crippen molar-refractivity contribution in [3.63, 3.8) is 0 Å². The smallest absolute Gasteiger partial charge is 0.329 e. The number of nitrogen functional groups attached to an aromatic ring is 1. The molecular weight excluding hydrogens is 252 g/mol. The van der Waals surface area contributed by atoms with Gasteiger partial charge in [0, 0.05) is 19.6 Å². The summed E-state index contributed by atoms with van der Waals surface area (Å²) in [6.07, 6.45) is 1.06. The second kappa shape index (κ2) is 5.76. The molecule has 0 bridgehead atoms. The molecule has 0 amide bonds. The van der Waals surface area contributed by atoms with Crippen LogP contribution >= 0.6 is 0 Å². The Morgan fingerprint density at radius 1 is 1.74 bits per heavy atom. The van der Waals surface area contributed by atoms with Crippen LogP contribution in [0.3, 0.4) is 0 Å². The lowest BCUT2D eigenvalue weighted by Gasteiger charge is -2.30. The van der Waals surface area contributed by atoms with E-state index in [-0.39, 0.29) is 23.6 Å². The van der Waals surface area contributed by atoms with Crippen molar-refractivity contribution in [3.8, 4) is 0 Å². The van der Waals surface area contributed by atoms with E-state index in [9.17, 15) is 10.1 Å². The Morgan fingerprint density at radius 3 is 3.21 bits per heavy atom. The number of nitrogens with one attached hydrogen (secondary N) is 1. The molecule has 1 aromatic rings. The Kier molecular flexibility index (Phi) is 4.07. The number of anilines is 2. The number of ether oxygens (including phenoxy) is 1. The van der Waals surface area contributed by atoms with E-state index in [0.717, 1.165) is 19.3 Å². The zero-order valence-electron chi connectivity index (χ0n) is 10.6. The lowest BCUT2D eigenvalue weighted by atomic mass is 10.3. The van der Waals surface area contributed by atoms with Crippen molar-refractivity contribution in [1.82, 2.24) is 14.9 Å². The van der Waals surface area contributed by atoms with Crippen molar-refractivity contribution < 1.29 is 9.66 Å². The van der Waals surface area contributed by atoms with Gasteiger partial charge in [0.25, 0.3) is 0 Å². The molecule has 3 N–H and O–H groups in total. The van der Waals surface area contributed by atoms with E-state index in [2.05, 4.69) is 20.2 Å². The lowest BCUT2D eigenvalue weighted by Crippen LogP contribution is -2.43. The summed E-state index contributed by atoms with van der Waals surface area (Å²) in [4.78, 5) is 19.9. The monoisotopic (exact) mass is 268 g/mol. The van der Waals surface area contributed by atoms with E-state index in [4.69, 9.17) is 10.5 Å². The van der Waals surface area contributed by atoms with Gasteiger partial charge in [0.1, 0.15) is 6.20 Å². The molecule has 0 aromatic carbocycles. The maximum Gasteiger partial charge on any atom is 0.329 e. The van der Waals surface area contributed by atoms with Crippen LogP contribution in [0.15, 0.2) is 6.20 Å². The molecule has 1 aliphatic heterocycles. The highest BCUT2D eigenvalue weighted by atomic mass is 16.6. The molecule has 2 heterocycles. The maximum atomic E-state index is 10.8. The molecule has 0 spiro atoms. The highest BCUT2D eigenvalue weighted by Gasteiger charge is 2.21. The number of nitrogens with two attached hydrogens (primary N) is 1. The highest BCUT2D eigenvalue weighted by Crippen LogP contribution is 2.21. The Balaban J connectivity index is 2.02. The average Bonchev–Trinajstić information content (AvgIpc) is 2.36. The van der Waals surface area contributed by atoms with Gasteiger partial charge in [-0.3, -0.25) is 10.1 Å². The predicted molar refractivity (Wildman–Crippen MR) is 68.8 cm³/mol. The summed E-state index contributed by atoms with van der Waals surface area (Å²) in [5, 5.41) is 13.7. The van der Waals surface area contributed by atoms with Gasteiger partial charge in [-0.15, -0.1) is 0 Å². The molecule has 9 nitrogen and oxygen atoms in total. The molecule has 1 fully saturated rings. The van der Waals surface area contributed by atoms with Crippen LogP contribution in [-0.4, -0.2) is 59.2 Å². The number of morpholine rings is 1. The van der Waals surface area contributed by atoms with Crippen LogP contribution in [0.2, 0.25) is 0 Å². The molecule has 19 heavy (non-hydrogen) atoms. The molecule has 0 aliphatic carbocycles. The third-order valence-electron chi connectivity index (χ3n) is 2.82. The van der Waals surface area contributed by atoms with Crippen LogP contribution in [0.5, 0.6) is 0 Å². The van der Waals surface area contributed by atoms with Crippen molar-refractivity contribution in [3.05, 3.63) is 16.3 Å². The minimum absolute atomic E-state index is 0.00483. The second-order valence-electron chi connectivity index (χ2n) is 4.36. The number of rotatable bonds is 4. The molecular formula is C10H16N6O3. The molecule has 2 rings (SSSR count).